The molecule has 1 aromatic heterocycles. The summed E-state index contributed by atoms with van der Waals surface area (Å²) in [6, 6.07) is 7.42. The number of nitrogens with one attached hydrogen (secondary N) is 1. The fraction of sp³-hybridized carbons (Fsp3) is 0.316. The molecule has 0 fully saturated rings. The molecule has 2 aromatic rings. The average Bonchev–Trinajstić information content (AvgIpc) is 2.58. The lowest BCUT2D eigenvalue weighted by Crippen LogP contribution is -2.30. The fourth-order valence-corrected chi connectivity index (χ4v) is 2.52. The van der Waals surface area contributed by atoms with E-state index in [9.17, 15) is 9.59 Å². The third-order valence-corrected chi connectivity index (χ3v) is 3.93. The lowest BCUT2D eigenvalue weighted by atomic mass is 10.1. The molecule has 0 saturated carbocycles. The highest BCUT2D eigenvalue weighted by Gasteiger charge is 2.16. The summed E-state index contributed by atoms with van der Waals surface area (Å²) in [5.41, 5.74) is 3.68. The van der Waals surface area contributed by atoms with Crippen LogP contribution in [0.3, 0.4) is 0 Å². The first-order valence-electron chi connectivity index (χ1n) is 8.09. The van der Waals surface area contributed by atoms with Crippen LogP contribution in [-0.4, -0.2) is 34.8 Å². The van der Waals surface area contributed by atoms with Crippen molar-refractivity contribution in [2.24, 2.45) is 0 Å². The van der Waals surface area contributed by atoms with Gasteiger partial charge in [0.1, 0.15) is 0 Å². The zero-order chi connectivity index (χ0) is 17.7. The minimum absolute atomic E-state index is 0.117. The summed E-state index contributed by atoms with van der Waals surface area (Å²) in [7, 11) is 0. The average molecular weight is 325 g/mol. The first-order chi connectivity index (χ1) is 11.5. The highest BCUT2D eigenvalue weighted by molar-refractivity contribution is 6.06. The standard InChI is InChI=1S/C19H23N3O2/c1-5-22(6-2)19(24)16-10-15(11-20-12-16)18(23)21-17-8-7-13(3)9-14(17)4/h7-12H,5-6H2,1-4H3,(H,21,23). The minimum Gasteiger partial charge on any atom is -0.339 e. The molecule has 2 amide bonds. The van der Waals surface area contributed by atoms with Crippen molar-refractivity contribution in [1.82, 2.24) is 9.88 Å². The molecule has 5 heteroatoms. The number of carbonyl (C=O) groups is 2. The van der Waals surface area contributed by atoms with Crippen molar-refractivity contribution in [2.45, 2.75) is 27.7 Å². The van der Waals surface area contributed by atoms with Gasteiger partial charge in [0.25, 0.3) is 11.8 Å². The van der Waals surface area contributed by atoms with E-state index in [4.69, 9.17) is 0 Å². The molecular formula is C19H23N3O2. The van der Waals surface area contributed by atoms with Crippen LogP contribution in [0.5, 0.6) is 0 Å². The number of rotatable bonds is 5. The minimum atomic E-state index is -0.274. The van der Waals surface area contributed by atoms with E-state index in [2.05, 4.69) is 10.3 Å². The van der Waals surface area contributed by atoms with Gasteiger partial charge in [0, 0.05) is 31.2 Å². The third kappa shape index (κ3) is 3.98. The van der Waals surface area contributed by atoms with Crippen LogP contribution in [0.25, 0.3) is 0 Å². The number of amides is 2. The van der Waals surface area contributed by atoms with E-state index in [1.807, 2.05) is 45.9 Å². The lowest BCUT2D eigenvalue weighted by molar-refractivity contribution is 0.0772. The Morgan fingerprint density at radius 1 is 1.04 bits per heavy atom. The topological polar surface area (TPSA) is 62.3 Å². The number of anilines is 1. The summed E-state index contributed by atoms with van der Waals surface area (Å²) in [5, 5.41) is 2.87. The molecule has 2 rings (SSSR count). The molecule has 0 aliphatic carbocycles. The number of hydrogen-bond donors (Lipinski definition) is 1. The number of aryl methyl sites for hydroxylation is 2. The number of hydrogen-bond acceptors (Lipinski definition) is 3. The van der Waals surface area contributed by atoms with E-state index in [1.165, 1.54) is 12.4 Å². The number of nitrogens with zero attached hydrogens (tertiary/aromatic N) is 2. The zero-order valence-electron chi connectivity index (χ0n) is 14.6. The van der Waals surface area contributed by atoms with Crippen molar-refractivity contribution in [3.8, 4) is 0 Å². The molecule has 126 valence electrons. The number of benzene rings is 1. The van der Waals surface area contributed by atoms with Gasteiger partial charge in [0.2, 0.25) is 0 Å². The van der Waals surface area contributed by atoms with Crippen molar-refractivity contribution in [2.75, 3.05) is 18.4 Å². The van der Waals surface area contributed by atoms with Gasteiger partial charge in [0.15, 0.2) is 0 Å². The Morgan fingerprint density at radius 2 is 1.71 bits per heavy atom. The van der Waals surface area contributed by atoms with Crippen molar-refractivity contribution in [3.63, 3.8) is 0 Å². The Morgan fingerprint density at radius 3 is 2.33 bits per heavy atom. The molecule has 0 unspecified atom stereocenters. The van der Waals surface area contributed by atoms with Gasteiger partial charge in [-0.25, -0.2) is 0 Å². The van der Waals surface area contributed by atoms with Crippen LogP contribution in [0.4, 0.5) is 5.69 Å². The fourth-order valence-electron chi connectivity index (χ4n) is 2.52. The van der Waals surface area contributed by atoms with Crippen LogP contribution < -0.4 is 5.32 Å². The molecule has 0 saturated heterocycles. The predicted molar refractivity (Wildman–Crippen MR) is 95.4 cm³/mol. The van der Waals surface area contributed by atoms with Crippen LogP contribution in [-0.2, 0) is 0 Å². The maximum Gasteiger partial charge on any atom is 0.257 e. The van der Waals surface area contributed by atoms with E-state index in [-0.39, 0.29) is 11.8 Å². The third-order valence-electron chi connectivity index (χ3n) is 3.93. The van der Waals surface area contributed by atoms with E-state index in [0.29, 0.717) is 24.2 Å². The van der Waals surface area contributed by atoms with Crippen LogP contribution in [0, 0.1) is 13.8 Å². The number of aromatic nitrogens is 1. The normalized spacial score (nSPS) is 10.3. The van der Waals surface area contributed by atoms with Gasteiger partial charge in [-0.05, 0) is 45.4 Å². The number of pyridine rings is 1. The Labute approximate surface area is 142 Å². The van der Waals surface area contributed by atoms with Gasteiger partial charge < -0.3 is 10.2 Å². The highest BCUT2D eigenvalue weighted by Crippen LogP contribution is 2.17. The van der Waals surface area contributed by atoms with Crippen LogP contribution in [0.2, 0.25) is 0 Å². The molecule has 24 heavy (non-hydrogen) atoms. The van der Waals surface area contributed by atoms with Gasteiger partial charge in [-0.2, -0.15) is 0 Å². The van der Waals surface area contributed by atoms with E-state index in [0.717, 1.165) is 16.8 Å². The molecule has 5 nitrogen and oxygen atoms in total. The smallest absolute Gasteiger partial charge is 0.257 e. The van der Waals surface area contributed by atoms with Crippen molar-refractivity contribution < 1.29 is 9.59 Å². The second-order valence-corrected chi connectivity index (χ2v) is 5.71. The second kappa shape index (κ2) is 7.73. The quantitative estimate of drug-likeness (QED) is 0.916. The summed E-state index contributed by atoms with van der Waals surface area (Å²) < 4.78 is 0. The maximum atomic E-state index is 12.5. The molecule has 0 atom stereocenters. The largest absolute Gasteiger partial charge is 0.339 e. The van der Waals surface area contributed by atoms with Crippen LogP contribution >= 0.6 is 0 Å². The summed E-state index contributed by atoms with van der Waals surface area (Å²) in [4.78, 5) is 30.6. The van der Waals surface area contributed by atoms with Gasteiger partial charge in [-0.3, -0.25) is 14.6 Å². The molecular weight excluding hydrogens is 302 g/mol. The summed E-state index contributed by atoms with van der Waals surface area (Å²) in [6.45, 7) is 9.03. The molecule has 0 radical (unpaired) electrons. The lowest BCUT2D eigenvalue weighted by Gasteiger charge is -2.18. The Balaban J connectivity index is 2.21. The SMILES string of the molecule is CCN(CC)C(=O)c1cncc(C(=O)Nc2ccc(C)cc2C)c1. The molecule has 0 spiro atoms. The van der Waals surface area contributed by atoms with Crippen molar-refractivity contribution in [1.29, 1.82) is 0 Å². The zero-order valence-corrected chi connectivity index (χ0v) is 14.6. The Hall–Kier alpha value is -2.69. The van der Waals surface area contributed by atoms with Crippen molar-refractivity contribution >= 4 is 17.5 Å². The monoisotopic (exact) mass is 325 g/mol. The van der Waals surface area contributed by atoms with Crippen LogP contribution in [0.1, 0.15) is 45.7 Å². The second-order valence-electron chi connectivity index (χ2n) is 5.71. The first kappa shape index (κ1) is 17.7. The Bertz CT molecular complexity index is 752. The van der Waals surface area contributed by atoms with Crippen LogP contribution in [0.15, 0.2) is 36.7 Å². The van der Waals surface area contributed by atoms with E-state index in [1.54, 1.807) is 11.0 Å². The summed E-state index contributed by atoms with van der Waals surface area (Å²) in [6.07, 6.45) is 2.96. The highest BCUT2D eigenvalue weighted by atomic mass is 16.2. The molecule has 0 bridgehead atoms. The summed E-state index contributed by atoms with van der Waals surface area (Å²) >= 11 is 0. The number of carbonyl (C=O) groups excluding carboxylic acids is 2. The van der Waals surface area contributed by atoms with Gasteiger partial charge in [-0.1, -0.05) is 17.7 Å². The first-order valence-corrected chi connectivity index (χ1v) is 8.09. The molecule has 0 aliphatic rings. The Kier molecular flexibility index (Phi) is 5.68. The molecule has 1 aromatic carbocycles. The molecule has 1 heterocycles. The van der Waals surface area contributed by atoms with Gasteiger partial charge in [0.05, 0.1) is 11.1 Å². The van der Waals surface area contributed by atoms with Gasteiger partial charge >= 0.3 is 0 Å². The summed E-state index contributed by atoms with van der Waals surface area (Å²) in [5.74, 6) is -0.391. The van der Waals surface area contributed by atoms with E-state index < -0.39 is 0 Å². The molecule has 1 N–H and O–H groups in total. The van der Waals surface area contributed by atoms with Gasteiger partial charge in [-0.15, -0.1) is 0 Å². The predicted octanol–water partition coefficient (Wildman–Crippen LogP) is 3.43. The van der Waals surface area contributed by atoms with Crippen molar-refractivity contribution in [3.05, 3.63) is 58.9 Å². The van der Waals surface area contributed by atoms with E-state index >= 15 is 0 Å². The maximum absolute atomic E-state index is 12.5. The molecule has 0 aliphatic heterocycles.